The van der Waals surface area contributed by atoms with Gasteiger partial charge >= 0.3 is 6.09 Å². The van der Waals surface area contributed by atoms with Crippen molar-refractivity contribution in [1.29, 1.82) is 0 Å². The maximum absolute atomic E-state index is 13.2. The van der Waals surface area contributed by atoms with E-state index in [0.29, 0.717) is 18.0 Å². The van der Waals surface area contributed by atoms with Crippen molar-refractivity contribution in [3.05, 3.63) is 34.9 Å². The van der Waals surface area contributed by atoms with Crippen molar-refractivity contribution in [2.24, 2.45) is 5.73 Å². The van der Waals surface area contributed by atoms with Crippen LogP contribution < -0.4 is 16.4 Å². The van der Waals surface area contributed by atoms with Crippen LogP contribution in [0.15, 0.2) is 24.3 Å². The number of nitrogens with two attached hydrogens (primary N) is 1. The minimum Gasteiger partial charge on any atom is -0.437 e. The van der Waals surface area contributed by atoms with Crippen molar-refractivity contribution in [2.75, 3.05) is 26.7 Å². The van der Waals surface area contributed by atoms with Crippen molar-refractivity contribution in [2.45, 2.75) is 43.9 Å². The summed E-state index contributed by atoms with van der Waals surface area (Å²) in [5.74, 6) is -1.15. The van der Waals surface area contributed by atoms with Crippen LogP contribution in [0.5, 0.6) is 0 Å². The average Bonchev–Trinajstić information content (AvgIpc) is 2.72. The van der Waals surface area contributed by atoms with E-state index in [1.54, 1.807) is 24.1 Å². The number of piperidine rings is 1. The Hall–Kier alpha value is -2.36. The summed E-state index contributed by atoms with van der Waals surface area (Å²) in [6, 6.07) is 6.28. The average molecular weight is 441 g/mol. The van der Waals surface area contributed by atoms with Crippen LogP contribution in [-0.2, 0) is 20.7 Å². The summed E-state index contributed by atoms with van der Waals surface area (Å²) >= 11 is 5.98. The van der Waals surface area contributed by atoms with E-state index in [1.807, 2.05) is 12.1 Å². The minimum absolute atomic E-state index is 0.435. The number of hydrogen-bond donors (Lipinski definition) is 4. The lowest BCUT2D eigenvalue weighted by Gasteiger charge is -2.46. The van der Waals surface area contributed by atoms with Gasteiger partial charge < -0.3 is 31.1 Å². The standard InChI is InChI=1S/C20H29ClN4O5/c1-13(30-19(22)29)17(27)24-16(11-26)18(28)25(2)20(8-3-9-23-12-20)10-14-4-6-15(21)7-5-14/h4-7,13,16,23,26H,3,8-12H2,1-2H3,(H2,22,29)(H,24,27)/t13?,16?,20-/m1/s1. The van der Waals surface area contributed by atoms with Gasteiger partial charge in [0, 0.05) is 18.6 Å². The number of benzene rings is 1. The van der Waals surface area contributed by atoms with Gasteiger partial charge in [0.25, 0.3) is 5.91 Å². The van der Waals surface area contributed by atoms with Gasteiger partial charge in [-0.05, 0) is 50.4 Å². The second-order valence-electron chi connectivity index (χ2n) is 7.53. The Morgan fingerprint density at radius 2 is 2.03 bits per heavy atom. The molecule has 1 saturated heterocycles. The third kappa shape index (κ3) is 6.07. The van der Waals surface area contributed by atoms with Crippen LogP contribution in [0.4, 0.5) is 4.79 Å². The van der Waals surface area contributed by atoms with Crippen molar-refractivity contribution in [3.8, 4) is 0 Å². The molecule has 5 N–H and O–H groups in total. The molecule has 0 bridgehead atoms. The van der Waals surface area contributed by atoms with Crippen LogP contribution in [0.2, 0.25) is 5.02 Å². The van der Waals surface area contributed by atoms with Crippen molar-refractivity contribution >= 4 is 29.5 Å². The Balaban J connectivity index is 2.17. The van der Waals surface area contributed by atoms with E-state index < -0.39 is 42.2 Å². The molecule has 2 rings (SSSR count). The molecule has 0 spiro atoms. The molecule has 2 unspecified atom stereocenters. The molecule has 1 aliphatic heterocycles. The van der Waals surface area contributed by atoms with E-state index in [-0.39, 0.29) is 0 Å². The van der Waals surface area contributed by atoms with Gasteiger partial charge in [-0.3, -0.25) is 9.59 Å². The largest absolute Gasteiger partial charge is 0.437 e. The van der Waals surface area contributed by atoms with E-state index in [2.05, 4.69) is 15.4 Å². The number of aliphatic hydroxyl groups excluding tert-OH is 1. The van der Waals surface area contributed by atoms with Crippen LogP contribution in [0.1, 0.15) is 25.3 Å². The molecular weight excluding hydrogens is 412 g/mol. The molecule has 30 heavy (non-hydrogen) atoms. The molecule has 0 radical (unpaired) electrons. The lowest BCUT2D eigenvalue weighted by atomic mass is 9.82. The summed E-state index contributed by atoms with van der Waals surface area (Å²) in [5.41, 5.74) is 5.41. The topological polar surface area (TPSA) is 134 Å². The smallest absolute Gasteiger partial charge is 0.405 e. The summed E-state index contributed by atoms with van der Waals surface area (Å²) < 4.78 is 4.62. The Morgan fingerprint density at radius 3 is 2.57 bits per heavy atom. The first-order valence-corrected chi connectivity index (χ1v) is 10.2. The molecule has 3 amide bonds. The Morgan fingerprint density at radius 1 is 1.37 bits per heavy atom. The molecule has 10 heteroatoms. The number of ether oxygens (including phenoxy) is 1. The highest BCUT2D eigenvalue weighted by atomic mass is 35.5. The highest BCUT2D eigenvalue weighted by Crippen LogP contribution is 2.28. The van der Waals surface area contributed by atoms with E-state index in [4.69, 9.17) is 17.3 Å². The second kappa shape index (κ2) is 10.6. The zero-order valence-electron chi connectivity index (χ0n) is 17.2. The summed E-state index contributed by atoms with van der Waals surface area (Å²) in [6.45, 7) is 2.16. The molecular formula is C20H29ClN4O5. The number of amides is 3. The first-order valence-electron chi connectivity index (χ1n) is 9.78. The SMILES string of the molecule is CC(OC(N)=O)C(=O)NC(CO)C(=O)N(C)[C@@]1(Cc2ccc(Cl)cc2)CCCNC1. The Kier molecular flexibility index (Phi) is 8.45. The first-order chi connectivity index (χ1) is 14.2. The zero-order valence-corrected chi connectivity index (χ0v) is 17.9. The van der Waals surface area contributed by atoms with Gasteiger partial charge in [0.1, 0.15) is 6.04 Å². The van der Waals surface area contributed by atoms with Crippen LogP contribution in [0.25, 0.3) is 0 Å². The highest BCUT2D eigenvalue weighted by molar-refractivity contribution is 6.30. The number of primary amides is 1. The molecule has 0 saturated carbocycles. The minimum atomic E-state index is -1.19. The Bertz CT molecular complexity index is 752. The third-order valence-corrected chi connectivity index (χ3v) is 5.65. The quantitative estimate of drug-likeness (QED) is 0.463. The fourth-order valence-corrected chi connectivity index (χ4v) is 3.79. The van der Waals surface area contributed by atoms with E-state index in [9.17, 15) is 19.5 Å². The summed E-state index contributed by atoms with van der Waals surface area (Å²) in [7, 11) is 1.67. The van der Waals surface area contributed by atoms with Gasteiger partial charge in [-0.2, -0.15) is 0 Å². The lowest BCUT2D eigenvalue weighted by Crippen LogP contribution is -2.63. The van der Waals surface area contributed by atoms with Gasteiger partial charge in [-0.1, -0.05) is 23.7 Å². The van der Waals surface area contributed by atoms with Crippen LogP contribution in [-0.4, -0.2) is 72.3 Å². The number of hydrogen-bond acceptors (Lipinski definition) is 6. The monoisotopic (exact) mass is 440 g/mol. The van der Waals surface area contributed by atoms with Crippen molar-refractivity contribution in [1.82, 2.24) is 15.5 Å². The normalized spacial score (nSPS) is 20.7. The van der Waals surface area contributed by atoms with Gasteiger partial charge in [-0.15, -0.1) is 0 Å². The molecule has 3 atom stereocenters. The number of nitrogens with one attached hydrogen (secondary N) is 2. The molecule has 166 valence electrons. The summed E-state index contributed by atoms with van der Waals surface area (Å²) in [6.07, 6.45) is -0.0544. The van der Waals surface area contributed by atoms with Crippen LogP contribution in [0.3, 0.4) is 0 Å². The van der Waals surface area contributed by atoms with Gasteiger partial charge in [0.2, 0.25) is 5.91 Å². The van der Waals surface area contributed by atoms with Crippen molar-refractivity contribution in [3.63, 3.8) is 0 Å². The van der Waals surface area contributed by atoms with E-state index in [1.165, 1.54) is 6.92 Å². The molecule has 1 heterocycles. The third-order valence-electron chi connectivity index (χ3n) is 5.40. The van der Waals surface area contributed by atoms with Crippen LogP contribution in [0, 0.1) is 0 Å². The molecule has 1 aromatic carbocycles. The zero-order chi connectivity index (χ0) is 22.3. The summed E-state index contributed by atoms with van der Waals surface area (Å²) in [5, 5.41) is 16.1. The molecule has 1 aromatic rings. The predicted octanol–water partition coefficient (Wildman–Crippen LogP) is 0.424. The first kappa shape index (κ1) is 23.9. The fraction of sp³-hybridized carbons (Fsp3) is 0.550. The fourth-order valence-electron chi connectivity index (χ4n) is 3.66. The number of likely N-dealkylation sites (N-methyl/N-ethyl adjacent to an activating group) is 1. The predicted molar refractivity (Wildman–Crippen MR) is 112 cm³/mol. The number of carbonyl (C=O) groups excluding carboxylic acids is 3. The molecule has 1 aliphatic rings. The van der Waals surface area contributed by atoms with Gasteiger partial charge in [-0.25, -0.2) is 4.79 Å². The summed E-state index contributed by atoms with van der Waals surface area (Å²) in [4.78, 5) is 37.8. The molecule has 9 nitrogen and oxygen atoms in total. The van der Waals surface area contributed by atoms with Gasteiger partial charge in [0.05, 0.1) is 12.1 Å². The number of nitrogens with zero attached hydrogens (tertiary/aromatic N) is 1. The number of aliphatic hydroxyl groups is 1. The number of carbonyl (C=O) groups is 3. The second-order valence-corrected chi connectivity index (χ2v) is 7.96. The maximum atomic E-state index is 13.2. The highest BCUT2D eigenvalue weighted by Gasteiger charge is 2.41. The molecule has 0 aromatic heterocycles. The van der Waals surface area contributed by atoms with Gasteiger partial charge in [0.15, 0.2) is 6.10 Å². The van der Waals surface area contributed by atoms with Crippen molar-refractivity contribution < 1.29 is 24.2 Å². The van der Waals surface area contributed by atoms with E-state index >= 15 is 0 Å². The van der Waals surface area contributed by atoms with E-state index in [0.717, 1.165) is 24.9 Å². The number of halogens is 1. The molecule has 0 aliphatic carbocycles. The maximum Gasteiger partial charge on any atom is 0.405 e. The number of rotatable bonds is 8. The van der Waals surface area contributed by atoms with Crippen LogP contribution >= 0.6 is 11.6 Å². The molecule has 1 fully saturated rings. The lowest BCUT2D eigenvalue weighted by molar-refractivity contribution is -0.143. The Labute approximate surface area is 180 Å².